The van der Waals surface area contributed by atoms with Crippen molar-refractivity contribution >= 4 is 23.0 Å². The smallest absolute Gasteiger partial charge is 0.173 e. The van der Waals surface area contributed by atoms with E-state index in [1.54, 1.807) is 14.2 Å². The Morgan fingerprint density at radius 1 is 1.04 bits per heavy atom. The molecule has 27 heavy (non-hydrogen) atoms. The summed E-state index contributed by atoms with van der Waals surface area (Å²) in [6.45, 7) is 3.49. The Morgan fingerprint density at radius 2 is 1.74 bits per heavy atom. The Balaban J connectivity index is 1.81. The van der Waals surface area contributed by atoms with Crippen molar-refractivity contribution in [3.63, 3.8) is 0 Å². The van der Waals surface area contributed by atoms with Gasteiger partial charge in [0.15, 0.2) is 16.6 Å². The van der Waals surface area contributed by atoms with Crippen LogP contribution in [0.5, 0.6) is 17.2 Å². The maximum Gasteiger partial charge on any atom is 0.173 e. The van der Waals surface area contributed by atoms with Gasteiger partial charge in [0, 0.05) is 19.3 Å². The van der Waals surface area contributed by atoms with Gasteiger partial charge >= 0.3 is 0 Å². The average molecular weight is 389 g/mol. The van der Waals surface area contributed by atoms with Crippen molar-refractivity contribution in [3.8, 4) is 17.2 Å². The number of nitrogens with one attached hydrogen (secondary N) is 1. The van der Waals surface area contributed by atoms with Crippen molar-refractivity contribution < 1.29 is 14.2 Å². The Bertz CT molecular complexity index is 735. The number of hydrogen-bond donors (Lipinski definition) is 1. The zero-order chi connectivity index (χ0) is 19.6. The van der Waals surface area contributed by atoms with Gasteiger partial charge in [-0.3, -0.25) is 0 Å². The zero-order valence-corrected chi connectivity index (χ0v) is 17.3. The van der Waals surface area contributed by atoms with E-state index in [4.69, 9.17) is 26.4 Å². The van der Waals surface area contributed by atoms with Crippen LogP contribution in [0.25, 0.3) is 0 Å². The molecule has 0 amide bonds. The van der Waals surface area contributed by atoms with Gasteiger partial charge in [-0.05, 0) is 73.9 Å². The molecule has 5 nitrogen and oxygen atoms in total. The van der Waals surface area contributed by atoms with Gasteiger partial charge in [0.25, 0.3) is 0 Å². The minimum absolute atomic E-state index is 0.661. The van der Waals surface area contributed by atoms with Crippen LogP contribution in [0.3, 0.4) is 0 Å². The van der Waals surface area contributed by atoms with E-state index in [9.17, 15) is 0 Å². The minimum atomic E-state index is 0.661. The van der Waals surface area contributed by atoms with Crippen LogP contribution in [-0.2, 0) is 6.42 Å². The normalized spacial score (nSPS) is 10.2. The van der Waals surface area contributed by atoms with E-state index >= 15 is 0 Å². The molecule has 2 aromatic carbocycles. The van der Waals surface area contributed by atoms with E-state index in [1.807, 2.05) is 55.3 Å². The molecule has 0 aliphatic rings. The van der Waals surface area contributed by atoms with Gasteiger partial charge < -0.3 is 24.4 Å². The molecule has 0 fully saturated rings. The van der Waals surface area contributed by atoms with Gasteiger partial charge in [-0.1, -0.05) is 6.07 Å². The van der Waals surface area contributed by atoms with Gasteiger partial charge in [0.2, 0.25) is 0 Å². The maximum absolute atomic E-state index is 5.49. The number of benzene rings is 2. The van der Waals surface area contributed by atoms with Crippen molar-refractivity contribution in [2.75, 3.05) is 39.7 Å². The fourth-order valence-corrected chi connectivity index (χ4v) is 2.89. The molecule has 0 bridgehead atoms. The monoisotopic (exact) mass is 388 g/mol. The molecule has 0 aromatic heterocycles. The fourth-order valence-electron chi connectivity index (χ4n) is 2.68. The van der Waals surface area contributed by atoms with Crippen LogP contribution in [-0.4, -0.2) is 44.4 Å². The third-order valence-corrected chi connectivity index (χ3v) is 4.58. The highest BCUT2D eigenvalue weighted by Gasteiger charge is 2.07. The third-order valence-electron chi connectivity index (χ3n) is 4.17. The van der Waals surface area contributed by atoms with Crippen molar-refractivity contribution in [2.24, 2.45) is 0 Å². The number of thiocarbonyl (C=S) groups is 1. The maximum atomic E-state index is 5.49. The van der Waals surface area contributed by atoms with E-state index < -0.39 is 0 Å². The van der Waals surface area contributed by atoms with Crippen LogP contribution in [0, 0.1) is 0 Å². The van der Waals surface area contributed by atoms with Crippen LogP contribution < -0.4 is 19.5 Å². The van der Waals surface area contributed by atoms with E-state index in [0.29, 0.717) is 11.7 Å². The molecule has 2 rings (SSSR count). The Hall–Kier alpha value is -2.47. The van der Waals surface area contributed by atoms with Crippen molar-refractivity contribution in [1.82, 2.24) is 4.90 Å². The molecule has 0 spiro atoms. The van der Waals surface area contributed by atoms with Crippen LogP contribution in [0.15, 0.2) is 42.5 Å². The molecule has 0 heterocycles. The summed E-state index contributed by atoms with van der Waals surface area (Å²) >= 11 is 5.49. The lowest BCUT2D eigenvalue weighted by atomic mass is 10.1. The first-order valence-corrected chi connectivity index (χ1v) is 9.44. The highest BCUT2D eigenvalue weighted by atomic mass is 32.1. The van der Waals surface area contributed by atoms with Crippen molar-refractivity contribution in [1.29, 1.82) is 0 Å². The number of ether oxygens (including phenoxy) is 3. The first kappa shape index (κ1) is 20.8. The van der Waals surface area contributed by atoms with Crippen LogP contribution in [0.2, 0.25) is 0 Å². The molecule has 6 heteroatoms. The first-order chi connectivity index (χ1) is 13.1. The van der Waals surface area contributed by atoms with Crippen LogP contribution in [0.4, 0.5) is 5.69 Å². The number of aryl methyl sites for hydroxylation is 1. The highest BCUT2D eigenvalue weighted by molar-refractivity contribution is 7.80. The quantitative estimate of drug-likeness (QED) is 0.644. The van der Waals surface area contributed by atoms with E-state index in [1.165, 1.54) is 5.56 Å². The number of anilines is 1. The molecule has 0 saturated heterocycles. The molecule has 0 atom stereocenters. The molecule has 0 saturated carbocycles. The standard InChI is InChI=1S/C21H28N2O3S/c1-5-26-18-11-9-17(10-12-18)22-21(27)23(2)14-6-7-16-8-13-19(24-3)20(15-16)25-4/h8-13,15H,5-7,14H2,1-4H3,(H,22,27). The SMILES string of the molecule is CCOc1ccc(NC(=S)N(C)CCCc2ccc(OC)c(OC)c2)cc1. The van der Waals surface area contributed by atoms with Crippen LogP contribution >= 0.6 is 12.2 Å². The predicted octanol–water partition coefficient (Wildman–Crippen LogP) is 4.36. The second-order valence-corrected chi connectivity index (χ2v) is 6.49. The Kier molecular flexibility index (Phi) is 8.20. The lowest BCUT2D eigenvalue weighted by Crippen LogP contribution is -2.32. The molecular weight excluding hydrogens is 360 g/mol. The summed E-state index contributed by atoms with van der Waals surface area (Å²) in [6, 6.07) is 13.8. The van der Waals surface area contributed by atoms with E-state index in [2.05, 4.69) is 11.4 Å². The largest absolute Gasteiger partial charge is 0.494 e. The topological polar surface area (TPSA) is 43.0 Å². The molecule has 0 radical (unpaired) electrons. The molecule has 146 valence electrons. The van der Waals surface area contributed by atoms with E-state index in [-0.39, 0.29) is 0 Å². The third kappa shape index (κ3) is 6.32. The summed E-state index contributed by atoms with van der Waals surface area (Å²) in [4.78, 5) is 2.05. The van der Waals surface area contributed by atoms with Gasteiger partial charge in [-0.2, -0.15) is 0 Å². The number of methoxy groups -OCH3 is 2. The predicted molar refractivity (Wildman–Crippen MR) is 114 cm³/mol. The minimum Gasteiger partial charge on any atom is -0.494 e. The first-order valence-electron chi connectivity index (χ1n) is 9.03. The van der Waals surface area contributed by atoms with Gasteiger partial charge in [-0.15, -0.1) is 0 Å². The Morgan fingerprint density at radius 3 is 2.37 bits per heavy atom. The summed E-state index contributed by atoms with van der Waals surface area (Å²) in [5, 5.41) is 3.96. The summed E-state index contributed by atoms with van der Waals surface area (Å²) in [5.41, 5.74) is 2.17. The lowest BCUT2D eigenvalue weighted by Gasteiger charge is -2.21. The Labute approximate surface area is 167 Å². The lowest BCUT2D eigenvalue weighted by molar-refractivity contribution is 0.340. The molecular formula is C21H28N2O3S. The fraction of sp³-hybridized carbons (Fsp3) is 0.381. The van der Waals surface area contributed by atoms with Crippen LogP contribution in [0.1, 0.15) is 18.9 Å². The highest BCUT2D eigenvalue weighted by Crippen LogP contribution is 2.28. The number of hydrogen-bond acceptors (Lipinski definition) is 4. The summed E-state index contributed by atoms with van der Waals surface area (Å²) in [5.74, 6) is 2.37. The summed E-state index contributed by atoms with van der Waals surface area (Å²) in [7, 11) is 5.30. The van der Waals surface area contributed by atoms with Crippen molar-refractivity contribution in [3.05, 3.63) is 48.0 Å². The molecule has 2 aromatic rings. The number of nitrogens with zero attached hydrogens (tertiary/aromatic N) is 1. The second-order valence-electron chi connectivity index (χ2n) is 6.10. The van der Waals surface area contributed by atoms with E-state index in [0.717, 1.165) is 42.3 Å². The summed E-state index contributed by atoms with van der Waals surface area (Å²) in [6.07, 6.45) is 1.92. The second kappa shape index (κ2) is 10.6. The molecule has 0 aliphatic carbocycles. The number of rotatable bonds is 9. The van der Waals surface area contributed by atoms with Gasteiger partial charge in [0.1, 0.15) is 5.75 Å². The zero-order valence-electron chi connectivity index (χ0n) is 16.5. The van der Waals surface area contributed by atoms with Gasteiger partial charge in [0.05, 0.1) is 20.8 Å². The molecule has 0 unspecified atom stereocenters. The average Bonchev–Trinajstić information content (AvgIpc) is 2.69. The molecule has 1 N–H and O–H groups in total. The summed E-state index contributed by atoms with van der Waals surface area (Å²) < 4.78 is 16.1. The molecule has 0 aliphatic heterocycles. The van der Waals surface area contributed by atoms with Gasteiger partial charge in [-0.25, -0.2) is 0 Å². The van der Waals surface area contributed by atoms with Crippen molar-refractivity contribution in [2.45, 2.75) is 19.8 Å².